The zero-order chi connectivity index (χ0) is 13.2. The molecular weight excluding hydrogens is 336 g/mol. The summed E-state index contributed by atoms with van der Waals surface area (Å²) in [6.45, 7) is 7.00. The van der Waals surface area contributed by atoms with Crippen molar-refractivity contribution >= 4 is 34.4 Å². The maximum Gasteiger partial charge on any atom is 0.412 e. The average Bonchev–Trinajstić information content (AvgIpc) is 2.10. The summed E-state index contributed by atoms with van der Waals surface area (Å²) in [5.41, 5.74) is 0.396. The fourth-order valence-corrected chi connectivity index (χ4v) is 1.73. The van der Waals surface area contributed by atoms with Crippen LogP contribution >= 0.6 is 22.6 Å². The first-order chi connectivity index (χ1) is 7.69. The lowest BCUT2D eigenvalue weighted by atomic mass is 10.2. The van der Waals surface area contributed by atoms with Crippen molar-refractivity contribution in [1.29, 1.82) is 0 Å². The van der Waals surface area contributed by atoms with Crippen molar-refractivity contribution in [1.82, 2.24) is 0 Å². The molecule has 1 rings (SSSR count). The van der Waals surface area contributed by atoms with Gasteiger partial charge in [-0.05, 0) is 68.0 Å². The Hall–Kier alpha value is -0.850. The molecule has 0 aromatic heterocycles. The molecule has 0 aliphatic carbocycles. The molecule has 0 saturated heterocycles. The van der Waals surface area contributed by atoms with Crippen molar-refractivity contribution in [2.24, 2.45) is 0 Å². The number of anilines is 1. The van der Waals surface area contributed by atoms with Crippen LogP contribution in [-0.2, 0) is 4.74 Å². The van der Waals surface area contributed by atoms with Crippen LogP contribution in [-0.4, -0.2) is 11.7 Å². The minimum atomic E-state index is -0.587. The van der Waals surface area contributed by atoms with Gasteiger partial charge in [-0.2, -0.15) is 0 Å². The second-order valence-electron chi connectivity index (χ2n) is 4.69. The second-order valence-corrected chi connectivity index (χ2v) is 5.85. The van der Waals surface area contributed by atoms with E-state index in [0.717, 1.165) is 3.57 Å². The van der Waals surface area contributed by atoms with Crippen molar-refractivity contribution in [3.05, 3.63) is 27.1 Å². The maximum absolute atomic E-state index is 13.4. The predicted molar refractivity (Wildman–Crippen MR) is 73.7 cm³/mol. The van der Waals surface area contributed by atoms with E-state index in [1.54, 1.807) is 33.8 Å². The van der Waals surface area contributed by atoms with Gasteiger partial charge in [-0.15, -0.1) is 0 Å². The average molecular weight is 351 g/mol. The molecule has 0 radical (unpaired) electrons. The van der Waals surface area contributed by atoms with Crippen LogP contribution in [0.2, 0.25) is 0 Å². The van der Waals surface area contributed by atoms with E-state index in [4.69, 9.17) is 4.74 Å². The van der Waals surface area contributed by atoms with Gasteiger partial charge in [-0.25, -0.2) is 9.18 Å². The fraction of sp³-hybridized carbons (Fsp3) is 0.417. The van der Waals surface area contributed by atoms with Crippen LogP contribution in [0.15, 0.2) is 12.1 Å². The van der Waals surface area contributed by atoms with E-state index >= 15 is 0 Å². The summed E-state index contributed by atoms with van der Waals surface area (Å²) < 4.78 is 19.3. The number of rotatable bonds is 1. The van der Waals surface area contributed by atoms with Gasteiger partial charge in [0.25, 0.3) is 0 Å². The molecule has 1 aromatic carbocycles. The minimum absolute atomic E-state index is 0.344. The Labute approximate surface area is 114 Å². The van der Waals surface area contributed by atoms with E-state index in [1.807, 2.05) is 22.6 Å². The highest BCUT2D eigenvalue weighted by Gasteiger charge is 2.16. The Bertz CT molecular complexity index is 418. The zero-order valence-corrected chi connectivity index (χ0v) is 12.4. The van der Waals surface area contributed by atoms with E-state index in [9.17, 15) is 9.18 Å². The molecule has 0 bridgehead atoms. The molecule has 5 heteroatoms. The molecule has 0 spiro atoms. The quantitative estimate of drug-likeness (QED) is 0.774. The number of amides is 1. The minimum Gasteiger partial charge on any atom is -0.444 e. The lowest BCUT2D eigenvalue weighted by Crippen LogP contribution is -2.27. The van der Waals surface area contributed by atoms with Gasteiger partial charge >= 0.3 is 6.09 Å². The highest BCUT2D eigenvalue weighted by Crippen LogP contribution is 2.21. The summed E-state index contributed by atoms with van der Waals surface area (Å²) in [6, 6.07) is 2.98. The molecule has 3 nitrogen and oxygen atoms in total. The number of carbonyl (C=O) groups is 1. The molecule has 1 amide bonds. The van der Waals surface area contributed by atoms with Crippen molar-refractivity contribution in [3.63, 3.8) is 0 Å². The zero-order valence-electron chi connectivity index (χ0n) is 10.2. The lowest BCUT2D eigenvalue weighted by Gasteiger charge is -2.19. The number of halogens is 2. The third-order valence-electron chi connectivity index (χ3n) is 1.93. The van der Waals surface area contributed by atoms with Gasteiger partial charge in [-0.1, -0.05) is 0 Å². The topological polar surface area (TPSA) is 38.3 Å². The van der Waals surface area contributed by atoms with Crippen LogP contribution < -0.4 is 5.32 Å². The molecule has 0 aliphatic rings. The van der Waals surface area contributed by atoms with Crippen LogP contribution in [0.1, 0.15) is 26.3 Å². The molecule has 94 valence electrons. The molecule has 17 heavy (non-hydrogen) atoms. The molecule has 0 aliphatic heterocycles. The lowest BCUT2D eigenvalue weighted by molar-refractivity contribution is 0.0636. The normalized spacial score (nSPS) is 11.2. The van der Waals surface area contributed by atoms with Crippen LogP contribution in [0.5, 0.6) is 0 Å². The largest absolute Gasteiger partial charge is 0.444 e. The van der Waals surface area contributed by atoms with Gasteiger partial charge in [0, 0.05) is 9.26 Å². The fourth-order valence-electron chi connectivity index (χ4n) is 1.14. The van der Waals surface area contributed by atoms with E-state index in [0.29, 0.717) is 11.3 Å². The smallest absolute Gasteiger partial charge is 0.412 e. The Morgan fingerprint density at radius 2 is 2.00 bits per heavy atom. The molecule has 0 atom stereocenters. The molecule has 1 N–H and O–H groups in total. The van der Waals surface area contributed by atoms with Gasteiger partial charge in [0.15, 0.2) is 0 Å². The highest BCUT2D eigenvalue weighted by molar-refractivity contribution is 14.1. The Balaban J connectivity index is 2.79. The van der Waals surface area contributed by atoms with Crippen LogP contribution in [0.3, 0.4) is 0 Å². The SMILES string of the molecule is Cc1c(F)cc(NC(=O)OC(C)(C)C)cc1I. The summed E-state index contributed by atoms with van der Waals surface area (Å²) in [5, 5.41) is 2.50. The number of ether oxygens (including phenoxy) is 1. The van der Waals surface area contributed by atoms with Gasteiger partial charge in [0.05, 0.1) is 0 Å². The predicted octanol–water partition coefficient (Wildman–Crippen LogP) is 4.09. The number of carbonyl (C=O) groups excluding carboxylic acids is 1. The Morgan fingerprint density at radius 3 is 2.47 bits per heavy atom. The van der Waals surface area contributed by atoms with Crippen molar-refractivity contribution in [2.75, 3.05) is 5.32 Å². The summed E-state index contributed by atoms with van der Waals surface area (Å²) in [4.78, 5) is 11.5. The molecule has 1 aromatic rings. The summed E-state index contributed by atoms with van der Waals surface area (Å²) >= 11 is 2.02. The highest BCUT2D eigenvalue weighted by atomic mass is 127. The first-order valence-corrected chi connectivity index (χ1v) is 6.22. The second kappa shape index (κ2) is 5.20. The molecule has 0 heterocycles. The van der Waals surface area contributed by atoms with Gasteiger partial charge < -0.3 is 4.74 Å². The monoisotopic (exact) mass is 351 g/mol. The Kier molecular flexibility index (Phi) is 4.35. The first-order valence-electron chi connectivity index (χ1n) is 5.15. The summed E-state index contributed by atoms with van der Waals surface area (Å²) in [6.07, 6.45) is -0.587. The van der Waals surface area contributed by atoms with E-state index in [2.05, 4.69) is 5.32 Å². The molecule has 0 fully saturated rings. The van der Waals surface area contributed by atoms with Crippen molar-refractivity contribution < 1.29 is 13.9 Å². The number of nitrogens with one attached hydrogen (secondary N) is 1. The van der Waals surface area contributed by atoms with Crippen LogP contribution in [0, 0.1) is 16.3 Å². The van der Waals surface area contributed by atoms with E-state index < -0.39 is 11.7 Å². The summed E-state index contributed by atoms with van der Waals surface area (Å²) in [7, 11) is 0. The van der Waals surface area contributed by atoms with Crippen LogP contribution in [0.25, 0.3) is 0 Å². The third-order valence-corrected chi connectivity index (χ3v) is 3.05. The van der Waals surface area contributed by atoms with E-state index in [-0.39, 0.29) is 5.82 Å². The standard InChI is InChI=1S/C12H15FINO2/c1-7-9(13)5-8(6-10(7)14)15-11(16)17-12(2,3)4/h5-6H,1-4H3,(H,15,16). The first kappa shape index (κ1) is 14.2. The van der Waals surface area contributed by atoms with E-state index in [1.165, 1.54) is 6.07 Å². The third kappa shape index (κ3) is 4.49. The molecule has 0 unspecified atom stereocenters. The van der Waals surface area contributed by atoms with Crippen molar-refractivity contribution in [2.45, 2.75) is 33.3 Å². The van der Waals surface area contributed by atoms with Crippen molar-refractivity contribution in [3.8, 4) is 0 Å². The summed E-state index contributed by atoms with van der Waals surface area (Å²) in [5.74, 6) is -0.344. The van der Waals surface area contributed by atoms with Crippen LogP contribution in [0.4, 0.5) is 14.9 Å². The maximum atomic E-state index is 13.4. The molecule has 0 saturated carbocycles. The number of hydrogen-bond donors (Lipinski definition) is 1. The Morgan fingerprint density at radius 1 is 1.41 bits per heavy atom. The number of hydrogen-bond acceptors (Lipinski definition) is 2. The van der Waals surface area contributed by atoms with Gasteiger partial charge in [0.2, 0.25) is 0 Å². The van der Waals surface area contributed by atoms with Gasteiger partial charge in [-0.3, -0.25) is 5.32 Å². The van der Waals surface area contributed by atoms with Gasteiger partial charge in [0.1, 0.15) is 11.4 Å². The number of benzene rings is 1. The molecular formula is C12H15FINO2.